The lowest BCUT2D eigenvalue weighted by Crippen LogP contribution is -1.94. The highest BCUT2D eigenvalue weighted by molar-refractivity contribution is 9.10. The van der Waals surface area contributed by atoms with Gasteiger partial charge in [-0.15, -0.1) is 0 Å². The van der Waals surface area contributed by atoms with Gasteiger partial charge in [-0.25, -0.2) is 4.98 Å². The normalized spacial score (nSPS) is 11.3. The molecule has 0 saturated heterocycles. The summed E-state index contributed by atoms with van der Waals surface area (Å²) >= 11 is 3.54. The minimum atomic E-state index is 0.835. The van der Waals surface area contributed by atoms with Crippen molar-refractivity contribution in [1.82, 2.24) is 9.55 Å². The first-order valence-electron chi connectivity index (χ1n) is 10.6. The van der Waals surface area contributed by atoms with Gasteiger partial charge in [-0.05, 0) is 63.0 Å². The van der Waals surface area contributed by atoms with Gasteiger partial charge in [0.25, 0.3) is 0 Å². The first-order chi connectivity index (χ1) is 15.8. The summed E-state index contributed by atoms with van der Waals surface area (Å²) < 4.78 is 3.17. The Morgan fingerprint density at radius 2 is 1.12 bits per heavy atom. The third-order valence-electron chi connectivity index (χ3n) is 5.97. The number of aromatic nitrogens is 2. The van der Waals surface area contributed by atoms with E-state index >= 15 is 0 Å². The lowest BCUT2D eigenvalue weighted by Gasteiger charge is -2.12. The fourth-order valence-corrected chi connectivity index (χ4v) is 4.84. The zero-order valence-corrected chi connectivity index (χ0v) is 18.8. The molecule has 2 heterocycles. The molecule has 2 nitrogen and oxygen atoms in total. The summed E-state index contributed by atoms with van der Waals surface area (Å²) in [7, 11) is 0. The molecule has 0 N–H and O–H groups in total. The van der Waals surface area contributed by atoms with Gasteiger partial charge in [-0.2, -0.15) is 0 Å². The largest absolute Gasteiger partial charge is 0.309 e. The molecule has 2 aromatic heterocycles. The predicted octanol–water partition coefficient (Wildman–Crippen LogP) is 8.28. The lowest BCUT2D eigenvalue weighted by atomic mass is 9.96. The molecule has 0 saturated carbocycles. The maximum absolute atomic E-state index is 4.51. The molecule has 0 atom stereocenters. The molecule has 32 heavy (non-hydrogen) atoms. The number of nitrogens with zero attached hydrogens (tertiary/aromatic N) is 2. The molecule has 152 valence electrons. The number of halogens is 1. The van der Waals surface area contributed by atoms with Crippen LogP contribution in [0.25, 0.3) is 49.7 Å². The van der Waals surface area contributed by atoms with Crippen molar-refractivity contribution in [2.45, 2.75) is 0 Å². The molecular formula is C29H19BrN2. The summed E-state index contributed by atoms with van der Waals surface area (Å²) in [6, 6.07) is 38.5. The zero-order valence-electron chi connectivity index (χ0n) is 17.2. The monoisotopic (exact) mass is 474 g/mol. The van der Waals surface area contributed by atoms with Gasteiger partial charge in [-0.3, -0.25) is 0 Å². The van der Waals surface area contributed by atoms with E-state index in [1.807, 2.05) is 12.3 Å². The summed E-state index contributed by atoms with van der Waals surface area (Å²) in [6.45, 7) is 0. The van der Waals surface area contributed by atoms with Crippen molar-refractivity contribution >= 4 is 37.7 Å². The first kappa shape index (κ1) is 19.0. The Bertz CT molecular complexity index is 1510. The highest BCUT2D eigenvalue weighted by Gasteiger charge is 2.13. The molecule has 4 aromatic carbocycles. The Kier molecular flexibility index (Phi) is 4.62. The minimum Gasteiger partial charge on any atom is -0.309 e. The number of benzene rings is 4. The van der Waals surface area contributed by atoms with Gasteiger partial charge in [0.05, 0.1) is 11.0 Å². The second kappa shape index (κ2) is 7.77. The van der Waals surface area contributed by atoms with Gasteiger partial charge < -0.3 is 4.57 Å². The van der Waals surface area contributed by atoms with Crippen LogP contribution in [0.1, 0.15) is 0 Å². The molecule has 0 spiro atoms. The lowest BCUT2D eigenvalue weighted by molar-refractivity contribution is 1.18. The number of para-hydroxylation sites is 2. The number of hydrogen-bond donors (Lipinski definition) is 0. The fraction of sp³-hybridized carbons (Fsp3) is 0. The summed E-state index contributed by atoms with van der Waals surface area (Å²) in [5.41, 5.74) is 8.20. The van der Waals surface area contributed by atoms with Gasteiger partial charge in [0, 0.05) is 28.2 Å². The third kappa shape index (κ3) is 3.14. The van der Waals surface area contributed by atoms with E-state index in [2.05, 4.69) is 129 Å². The second-order valence-corrected chi connectivity index (χ2v) is 8.65. The van der Waals surface area contributed by atoms with Crippen molar-refractivity contribution in [3.05, 3.63) is 120 Å². The van der Waals surface area contributed by atoms with E-state index in [4.69, 9.17) is 0 Å². The van der Waals surface area contributed by atoms with Crippen molar-refractivity contribution in [1.29, 1.82) is 0 Å². The van der Waals surface area contributed by atoms with E-state index in [1.54, 1.807) is 0 Å². The zero-order chi connectivity index (χ0) is 21.5. The topological polar surface area (TPSA) is 17.8 Å². The summed E-state index contributed by atoms with van der Waals surface area (Å²) in [5.74, 6) is 0. The van der Waals surface area contributed by atoms with Crippen LogP contribution in [-0.2, 0) is 0 Å². The van der Waals surface area contributed by atoms with Crippen LogP contribution < -0.4 is 0 Å². The molecule has 0 unspecified atom stereocenters. The molecule has 0 aliphatic heterocycles. The SMILES string of the molecule is Brc1cc(-c2ccccc2)c(-c2ccc(-n3c4ccccc4c4ccccc43)cc2)cn1. The van der Waals surface area contributed by atoms with Crippen LogP contribution in [-0.4, -0.2) is 9.55 Å². The van der Waals surface area contributed by atoms with E-state index in [9.17, 15) is 0 Å². The molecule has 0 aliphatic rings. The van der Waals surface area contributed by atoms with Gasteiger partial charge in [0.2, 0.25) is 0 Å². The highest BCUT2D eigenvalue weighted by atomic mass is 79.9. The van der Waals surface area contributed by atoms with Crippen LogP contribution in [0.2, 0.25) is 0 Å². The molecule has 0 radical (unpaired) electrons. The number of pyridine rings is 1. The summed E-state index contributed by atoms with van der Waals surface area (Å²) in [6.07, 6.45) is 1.95. The van der Waals surface area contributed by atoms with Gasteiger partial charge in [0.15, 0.2) is 0 Å². The molecular weight excluding hydrogens is 456 g/mol. The number of fused-ring (bicyclic) bond motifs is 3. The number of hydrogen-bond acceptors (Lipinski definition) is 1. The Morgan fingerprint density at radius 3 is 1.78 bits per heavy atom. The highest BCUT2D eigenvalue weighted by Crippen LogP contribution is 2.35. The quantitative estimate of drug-likeness (QED) is 0.236. The van der Waals surface area contributed by atoms with Gasteiger partial charge in [0.1, 0.15) is 4.60 Å². The van der Waals surface area contributed by atoms with Crippen LogP contribution >= 0.6 is 15.9 Å². The second-order valence-electron chi connectivity index (χ2n) is 7.84. The Balaban J connectivity index is 1.51. The fourth-order valence-electron chi connectivity index (χ4n) is 4.51. The van der Waals surface area contributed by atoms with E-state index < -0.39 is 0 Å². The average Bonchev–Trinajstić information content (AvgIpc) is 3.19. The Labute approximate surface area is 194 Å². The van der Waals surface area contributed by atoms with Crippen LogP contribution in [0.4, 0.5) is 0 Å². The van der Waals surface area contributed by atoms with Crippen molar-refractivity contribution < 1.29 is 0 Å². The molecule has 3 heteroatoms. The molecule has 6 aromatic rings. The summed E-state index contributed by atoms with van der Waals surface area (Å²) in [4.78, 5) is 4.51. The molecule has 0 bridgehead atoms. The van der Waals surface area contributed by atoms with Crippen molar-refractivity contribution in [3.63, 3.8) is 0 Å². The third-order valence-corrected chi connectivity index (χ3v) is 6.41. The molecule has 0 fully saturated rings. The smallest absolute Gasteiger partial charge is 0.106 e. The van der Waals surface area contributed by atoms with Crippen molar-refractivity contribution in [2.24, 2.45) is 0 Å². The van der Waals surface area contributed by atoms with Crippen molar-refractivity contribution in [3.8, 4) is 27.9 Å². The van der Waals surface area contributed by atoms with Gasteiger partial charge >= 0.3 is 0 Å². The summed E-state index contributed by atoms with van der Waals surface area (Å²) in [5, 5.41) is 2.55. The van der Waals surface area contributed by atoms with Crippen LogP contribution in [0, 0.1) is 0 Å². The Morgan fingerprint density at radius 1 is 0.562 bits per heavy atom. The van der Waals surface area contributed by atoms with Gasteiger partial charge in [-0.1, -0.05) is 78.9 Å². The molecule has 0 aliphatic carbocycles. The van der Waals surface area contributed by atoms with Crippen LogP contribution in [0.5, 0.6) is 0 Å². The van der Waals surface area contributed by atoms with E-state index in [0.29, 0.717) is 0 Å². The molecule has 6 rings (SSSR count). The number of rotatable bonds is 3. The van der Waals surface area contributed by atoms with Crippen molar-refractivity contribution in [2.75, 3.05) is 0 Å². The predicted molar refractivity (Wildman–Crippen MR) is 137 cm³/mol. The molecule has 0 amide bonds. The van der Waals surface area contributed by atoms with Crippen LogP contribution in [0.3, 0.4) is 0 Å². The maximum Gasteiger partial charge on any atom is 0.106 e. The average molecular weight is 475 g/mol. The van der Waals surface area contributed by atoms with Crippen LogP contribution in [0.15, 0.2) is 120 Å². The standard InChI is InChI=1S/C29H19BrN2/c30-29-18-25(20-8-2-1-3-9-20)26(19-31-29)21-14-16-22(17-15-21)32-27-12-6-4-10-23(27)24-11-5-7-13-28(24)32/h1-19H. The Hall–Kier alpha value is -3.69. The van der Waals surface area contributed by atoms with E-state index in [0.717, 1.165) is 27.0 Å². The van der Waals surface area contributed by atoms with E-state index in [1.165, 1.54) is 27.4 Å². The minimum absolute atomic E-state index is 0.835. The van der Waals surface area contributed by atoms with E-state index in [-0.39, 0.29) is 0 Å². The maximum atomic E-state index is 4.51. The first-order valence-corrected chi connectivity index (χ1v) is 11.4.